The molecule has 0 atom stereocenters. The maximum absolute atomic E-state index is 11.9. The number of nitrogens with two attached hydrogens (primary N) is 1. The van der Waals surface area contributed by atoms with E-state index in [4.69, 9.17) is 10.5 Å². The number of rotatable bonds is 4. The summed E-state index contributed by atoms with van der Waals surface area (Å²) in [4.78, 5) is 11.9. The van der Waals surface area contributed by atoms with Gasteiger partial charge >= 0.3 is 5.97 Å². The van der Waals surface area contributed by atoms with Crippen molar-refractivity contribution in [3.05, 3.63) is 29.3 Å². The summed E-state index contributed by atoms with van der Waals surface area (Å²) < 4.78 is 27.9. The number of esters is 1. The van der Waals surface area contributed by atoms with Crippen LogP contribution in [-0.4, -0.2) is 31.5 Å². The van der Waals surface area contributed by atoms with E-state index in [2.05, 4.69) is 0 Å². The van der Waals surface area contributed by atoms with Crippen LogP contribution in [0.4, 0.5) is 5.69 Å². The molecule has 20 heavy (non-hydrogen) atoms. The molecule has 0 unspecified atom stereocenters. The van der Waals surface area contributed by atoms with Gasteiger partial charge in [0, 0.05) is 5.69 Å². The van der Waals surface area contributed by atoms with Crippen LogP contribution in [0.25, 0.3) is 0 Å². The van der Waals surface area contributed by atoms with E-state index in [0.717, 1.165) is 0 Å². The van der Waals surface area contributed by atoms with Crippen LogP contribution in [0.3, 0.4) is 0 Å². The topological polar surface area (TPSA) is 86.5 Å². The SMILES string of the molecule is Cc1c(N)cccc1C(=O)OCCS(=O)(=O)C(C)(C)C. The van der Waals surface area contributed by atoms with Crippen molar-refractivity contribution in [3.8, 4) is 0 Å². The van der Waals surface area contributed by atoms with Crippen molar-refractivity contribution >= 4 is 21.5 Å². The fourth-order valence-corrected chi connectivity index (χ4v) is 2.42. The van der Waals surface area contributed by atoms with Crippen molar-refractivity contribution in [1.29, 1.82) is 0 Å². The van der Waals surface area contributed by atoms with Crippen molar-refractivity contribution in [1.82, 2.24) is 0 Å². The van der Waals surface area contributed by atoms with Crippen molar-refractivity contribution < 1.29 is 17.9 Å². The lowest BCUT2D eigenvalue weighted by atomic mass is 10.1. The predicted molar refractivity (Wildman–Crippen MR) is 79.4 cm³/mol. The van der Waals surface area contributed by atoms with Gasteiger partial charge in [0.15, 0.2) is 9.84 Å². The number of carbonyl (C=O) groups excluding carboxylic acids is 1. The van der Waals surface area contributed by atoms with Gasteiger partial charge in [0.25, 0.3) is 0 Å². The van der Waals surface area contributed by atoms with Gasteiger partial charge in [0.2, 0.25) is 0 Å². The minimum Gasteiger partial charge on any atom is -0.461 e. The Bertz CT molecular complexity index is 600. The van der Waals surface area contributed by atoms with E-state index >= 15 is 0 Å². The molecule has 0 saturated heterocycles. The summed E-state index contributed by atoms with van der Waals surface area (Å²) in [6.45, 7) is 6.41. The Morgan fingerprint density at radius 1 is 1.30 bits per heavy atom. The number of benzene rings is 1. The highest BCUT2D eigenvalue weighted by molar-refractivity contribution is 7.92. The molecule has 6 heteroatoms. The van der Waals surface area contributed by atoms with Gasteiger partial charge in [-0.25, -0.2) is 13.2 Å². The summed E-state index contributed by atoms with van der Waals surface area (Å²) in [5.74, 6) is -0.747. The van der Waals surface area contributed by atoms with E-state index in [0.29, 0.717) is 16.8 Å². The normalized spacial score (nSPS) is 12.2. The Morgan fingerprint density at radius 3 is 2.45 bits per heavy atom. The third-order valence-corrected chi connectivity index (χ3v) is 5.68. The molecular weight excluding hydrogens is 278 g/mol. The second-order valence-corrected chi connectivity index (χ2v) is 8.45. The van der Waals surface area contributed by atoms with E-state index in [-0.39, 0.29) is 12.4 Å². The lowest BCUT2D eigenvalue weighted by Crippen LogP contribution is -2.32. The van der Waals surface area contributed by atoms with Crippen LogP contribution < -0.4 is 5.73 Å². The number of ether oxygens (including phenoxy) is 1. The number of carbonyl (C=O) groups is 1. The molecule has 112 valence electrons. The molecule has 0 spiro atoms. The molecule has 0 aliphatic heterocycles. The zero-order chi connectivity index (χ0) is 15.6. The molecule has 0 aromatic heterocycles. The second-order valence-electron chi connectivity index (χ2n) is 5.59. The molecule has 0 saturated carbocycles. The van der Waals surface area contributed by atoms with Gasteiger partial charge in [-0.2, -0.15) is 0 Å². The minimum atomic E-state index is -3.30. The molecule has 0 fully saturated rings. The van der Waals surface area contributed by atoms with Crippen LogP contribution in [0.1, 0.15) is 36.7 Å². The van der Waals surface area contributed by atoms with Gasteiger partial charge in [-0.15, -0.1) is 0 Å². The predicted octanol–water partition coefficient (Wildman–Crippen LogP) is 1.95. The molecule has 5 nitrogen and oxygen atoms in total. The molecule has 2 N–H and O–H groups in total. The number of anilines is 1. The molecule has 0 radical (unpaired) electrons. The number of hydrogen-bond donors (Lipinski definition) is 1. The van der Waals surface area contributed by atoms with Gasteiger partial charge in [-0.05, 0) is 45.4 Å². The fraction of sp³-hybridized carbons (Fsp3) is 0.500. The molecular formula is C14H21NO4S. The number of nitrogen functional groups attached to an aromatic ring is 1. The molecule has 0 amide bonds. The van der Waals surface area contributed by atoms with Gasteiger partial charge in [0.05, 0.1) is 16.1 Å². The molecule has 1 aromatic rings. The molecule has 0 aliphatic carbocycles. The lowest BCUT2D eigenvalue weighted by molar-refractivity contribution is 0.0528. The maximum Gasteiger partial charge on any atom is 0.338 e. The van der Waals surface area contributed by atoms with Crippen LogP contribution in [0.5, 0.6) is 0 Å². The molecule has 0 heterocycles. The molecule has 0 bridgehead atoms. The van der Waals surface area contributed by atoms with E-state index in [1.54, 1.807) is 45.9 Å². The zero-order valence-corrected chi connectivity index (χ0v) is 13.1. The highest BCUT2D eigenvalue weighted by atomic mass is 32.2. The standard InChI is InChI=1S/C14H21NO4S/c1-10-11(6-5-7-12(10)15)13(16)19-8-9-20(17,18)14(2,3)4/h5-7H,8-9,15H2,1-4H3. The number of hydrogen-bond acceptors (Lipinski definition) is 5. The highest BCUT2D eigenvalue weighted by Gasteiger charge is 2.28. The van der Waals surface area contributed by atoms with E-state index < -0.39 is 20.6 Å². The minimum absolute atomic E-state index is 0.160. The Hall–Kier alpha value is -1.56. The quantitative estimate of drug-likeness (QED) is 0.678. The average molecular weight is 299 g/mol. The largest absolute Gasteiger partial charge is 0.461 e. The maximum atomic E-state index is 11.9. The Labute approximate surface area is 120 Å². The van der Waals surface area contributed by atoms with Gasteiger partial charge in [-0.3, -0.25) is 0 Å². The van der Waals surface area contributed by atoms with Gasteiger partial charge < -0.3 is 10.5 Å². The summed E-state index contributed by atoms with van der Waals surface area (Å²) in [5.41, 5.74) is 7.21. The lowest BCUT2D eigenvalue weighted by Gasteiger charge is -2.19. The van der Waals surface area contributed by atoms with Crippen LogP contribution in [-0.2, 0) is 14.6 Å². The monoisotopic (exact) mass is 299 g/mol. The Morgan fingerprint density at radius 2 is 1.90 bits per heavy atom. The van der Waals surface area contributed by atoms with Crippen LogP contribution in [0.2, 0.25) is 0 Å². The molecule has 0 aliphatic rings. The smallest absolute Gasteiger partial charge is 0.338 e. The average Bonchev–Trinajstić information content (AvgIpc) is 2.30. The van der Waals surface area contributed by atoms with Crippen molar-refractivity contribution in [2.75, 3.05) is 18.1 Å². The van der Waals surface area contributed by atoms with Crippen molar-refractivity contribution in [2.45, 2.75) is 32.4 Å². The zero-order valence-electron chi connectivity index (χ0n) is 12.3. The summed E-state index contributed by atoms with van der Waals surface area (Å²) in [6, 6.07) is 4.95. The van der Waals surface area contributed by atoms with Crippen molar-refractivity contribution in [2.24, 2.45) is 0 Å². The van der Waals surface area contributed by atoms with E-state index in [1.807, 2.05) is 0 Å². The van der Waals surface area contributed by atoms with Crippen LogP contribution in [0.15, 0.2) is 18.2 Å². The first-order chi connectivity index (χ1) is 9.06. The molecule has 1 aromatic carbocycles. The summed E-state index contributed by atoms with van der Waals surface area (Å²) in [7, 11) is -3.30. The third-order valence-electron chi connectivity index (χ3n) is 3.11. The van der Waals surface area contributed by atoms with E-state index in [9.17, 15) is 13.2 Å². The van der Waals surface area contributed by atoms with Crippen LogP contribution in [0, 0.1) is 6.92 Å². The Kier molecular flexibility index (Phi) is 4.81. The van der Waals surface area contributed by atoms with Gasteiger partial charge in [0.1, 0.15) is 6.61 Å². The molecule has 1 rings (SSSR count). The summed E-state index contributed by atoms with van der Waals surface area (Å²) >= 11 is 0. The first kappa shape index (κ1) is 16.5. The summed E-state index contributed by atoms with van der Waals surface area (Å²) in [6.07, 6.45) is 0. The Balaban J connectivity index is 2.68. The second kappa shape index (κ2) is 5.83. The fourth-order valence-electron chi connectivity index (χ4n) is 1.50. The first-order valence-corrected chi connectivity index (χ1v) is 7.96. The van der Waals surface area contributed by atoms with Crippen molar-refractivity contribution in [3.63, 3.8) is 0 Å². The van der Waals surface area contributed by atoms with E-state index in [1.165, 1.54) is 0 Å². The first-order valence-electron chi connectivity index (χ1n) is 6.31. The van der Waals surface area contributed by atoms with Gasteiger partial charge in [-0.1, -0.05) is 6.07 Å². The summed E-state index contributed by atoms with van der Waals surface area (Å²) in [5, 5.41) is 0. The highest BCUT2D eigenvalue weighted by Crippen LogP contribution is 2.18. The van der Waals surface area contributed by atoms with Crippen LogP contribution >= 0.6 is 0 Å². The third kappa shape index (κ3) is 3.72. The number of sulfone groups is 1.